The fourth-order valence-electron chi connectivity index (χ4n) is 2.47. The highest BCUT2D eigenvalue weighted by molar-refractivity contribution is 7.15. The standard InChI is InChI=1S/C18H24N2O2S/c1-4-9-20(12-17(21)22)11-16-10-19-18(23-16)15-7-5-14(6-8-15)13(2)3/h5-8,10,13H,4,9,11-12H2,1-3H3,(H,21,22). The normalized spacial score (nSPS) is 11.3. The predicted molar refractivity (Wildman–Crippen MR) is 94.8 cm³/mol. The van der Waals surface area contributed by atoms with E-state index in [1.807, 2.05) is 11.1 Å². The number of carbonyl (C=O) groups is 1. The van der Waals surface area contributed by atoms with Gasteiger partial charge in [-0.3, -0.25) is 9.69 Å². The number of hydrogen-bond acceptors (Lipinski definition) is 4. The number of thiazole rings is 1. The van der Waals surface area contributed by atoms with Crippen molar-refractivity contribution in [2.24, 2.45) is 0 Å². The molecule has 0 bridgehead atoms. The van der Waals surface area contributed by atoms with Gasteiger partial charge in [0.15, 0.2) is 0 Å². The van der Waals surface area contributed by atoms with Crippen molar-refractivity contribution in [1.29, 1.82) is 0 Å². The van der Waals surface area contributed by atoms with Crippen molar-refractivity contribution in [2.45, 2.75) is 39.7 Å². The Kier molecular flexibility index (Phi) is 6.30. The number of hydrogen-bond donors (Lipinski definition) is 1. The maximum atomic E-state index is 10.9. The highest BCUT2D eigenvalue weighted by Gasteiger charge is 2.12. The van der Waals surface area contributed by atoms with Crippen LogP contribution in [0.1, 0.15) is 43.6 Å². The molecule has 2 aromatic rings. The number of rotatable bonds is 8. The summed E-state index contributed by atoms with van der Waals surface area (Å²) in [6.45, 7) is 7.92. The highest BCUT2D eigenvalue weighted by Crippen LogP contribution is 2.27. The molecule has 0 spiro atoms. The Morgan fingerprint density at radius 3 is 2.57 bits per heavy atom. The van der Waals surface area contributed by atoms with Crippen molar-refractivity contribution in [2.75, 3.05) is 13.1 Å². The summed E-state index contributed by atoms with van der Waals surface area (Å²) in [6.07, 6.45) is 2.80. The van der Waals surface area contributed by atoms with Crippen LogP contribution in [0.4, 0.5) is 0 Å². The zero-order chi connectivity index (χ0) is 16.8. The molecule has 1 aromatic heterocycles. The SMILES string of the molecule is CCCN(CC(=O)O)Cc1cnc(-c2ccc(C(C)C)cc2)s1. The molecule has 124 valence electrons. The third-order valence-electron chi connectivity index (χ3n) is 3.66. The summed E-state index contributed by atoms with van der Waals surface area (Å²) in [4.78, 5) is 18.5. The summed E-state index contributed by atoms with van der Waals surface area (Å²) >= 11 is 1.64. The van der Waals surface area contributed by atoms with E-state index in [1.54, 1.807) is 11.3 Å². The minimum atomic E-state index is -0.785. The van der Waals surface area contributed by atoms with Crippen LogP contribution < -0.4 is 0 Å². The van der Waals surface area contributed by atoms with E-state index < -0.39 is 5.97 Å². The highest BCUT2D eigenvalue weighted by atomic mass is 32.1. The van der Waals surface area contributed by atoms with Gasteiger partial charge in [0.1, 0.15) is 5.01 Å². The molecular formula is C18H24N2O2S. The van der Waals surface area contributed by atoms with E-state index in [4.69, 9.17) is 5.11 Å². The molecule has 1 aromatic carbocycles. The monoisotopic (exact) mass is 332 g/mol. The smallest absolute Gasteiger partial charge is 0.317 e. The van der Waals surface area contributed by atoms with E-state index in [2.05, 4.69) is 50.0 Å². The lowest BCUT2D eigenvalue weighted by atomic mass is 10.0. The molecule has 0 aliphatic carbocycles. The van der Waals surface area contributed by atoms with Crippen molar-refractivity contribution < 1.29 is 9.90 Å². The van der Waals surface area contributed by atoms with Crippen molar-refractivity contribution >= 4 is 17.3 Å². The van der Waals surface area contributed by atoms with Gasteiger partial charge in [0.25, 0.3) is 0 Å². The van der Waals surface area contributed by atoms with Crippen molar-refractivity contribution in [3.63, 3.8) is 0 Å². The van der Waals surface area contributed by atoms with Gasteiger partial charge in [-0.2, -0.15) is 0 Å². The molecule has 5 heteroatoms. The second-order valence-electron chi connectivity index (χ2n) is 6.01. The number of carboxylic acids is 1. The van der Waals surface area contributed by atoms with E-state index in [1.165, 1.54) is 5.56 Å². The molecule has 0 aliphatic rings. The van der Waals surface area contributed by atoms with Crippen LogP contribution in [0.3, 0.4) is 0 Å². The van der Waals surface area contributed by atoms with Gasteiger partial charge in [0.05, 0.1) is 6.54 Å². The quantitative estimate of drug-likeness (QED) is 0.786. The van der Waals surface area contributed by atoms with Gasteiger partial charge >= 0.3 is 5.97 Å². The molecule has 1 N–H and O–H groups in total. The first kappa shape index (κ1) is 17.6. The summed E-state index contributed by atoms with van der Waals surface area (Å²) in [6, 6.07) is 8.52. The predicted octanol–water partition coefficient (Wildman–Crippen LogP) is 4.23. The van der Waals surface area contributed by atoms with Crippen LogP contribution in [-0.2, 0) is 11.3 Å². The average Bonchev–Trinajstić information content (AvgIpc) is 2.95. The van der Waals surface area contributed by atoms with Crippen LogP contribution in [0, 0.1) is 0 Å². The number of nitrogens with zero attached hydrogens (tertiary/aromatic N) is 2. The minimum absolute atomic E-state index is 0.0736. The van der Waals surface area contributed by atoms with Crippen LogP contribution >= 0.6 is 11.3 Å². The molecule has 0 aliphatic heterocycles. The maximum absolute atomic E-state index is 10.9. The lowest BCUT2D eigenvalue weighted by Gasteiger charge is -2.17. The van der Waals surface area contributed by atoms with E-state index in [0.717, 1.165) is 28.4 Å². The largest absolute Gasteiger partial charge is 0.480 e. The lowest BCUT2D eigenvalue weighted by molar-refractivity contribution is -0.138. The Morgan fingerprint density at radius 2 is 2.00 bits per heavy atom. The average molecular weight is 332 g/mol. The number of carboxylic acid groups (broad SMARTS) is 1. The lowest BCUT2D eigenvalue weighted by Crippen LogP contribution is -2.29. The fourth-order valence-corrected chi connectivity index (χ4v) is 3.43. The van der Waals surface area contributed by atoms with E-state index in [0.29, 0.717) is 12.5 Å². The number of aliphatic carboxylic acids is 1. The minimum Gasteiger partial charge on any atom is -0.480 e. The van der Waals surface area contributed by atoms with Gasteiger partial charge in [-0.05, 0) is 24.4 Å². The summed E-state index contributed by atoms with van der Waals surface area (Å²) in [5.74, 6) is -0.262. The summed E-state index contributed by atoms with van der Waals surface area (Å²) in [5.41, 5.74) is 2.44. The molecule has 1 heterocycles. The van der Waals surface area contributed by atoms with Gasteiger partial charge in [0, 0.05) is 23.2 Å². The molecule has 0 radical (unpaired) electrons. The molecule has 0 unspecified atom stereocenters. The van der Waals surface area contributed by atoms with Crippen LogP contribution in [0.2, 0.25) is 0 Å². The molecule has 23 heavy (non-hydrogen) atoms. The molecule has 0 saturated carbocycles. The second kappa shape index (κ2) is 8.22. The third kappa shape index (κ3) is 5.15. The molecule has 0 atom stereocenters. The fraction of sp³-hybridized carbons (Fsp3) is 0.444. The summed E-state index contributed by atoms with van der Waals surface area (Å²) in [5, 5.41) is 9.98. The second-order valence-corrected chi connectivity index (χ2v) is 7.13. The van der Waals surface area contributed by atoms with Gasteiger partial charge in [0.2, 0.25) is 0 Å². The van der Waals surface area contributed by atoms with Crippen LogP contribution in [-0.4, -0.2) is 34.0 Å². The first-order valence-electron chi connectivity index (χ1n) is 7.98. The van der Waals surface area contributed by atoms with E-state index in [-0.39, 0.29) is 6.54 Å². The molecule has 0 amide bonds. The van der Waals surface area contributed by atoms with Crippen LogP contribution in [0.15, 0.2) is 30.5 Å². The molecule has 0 saturated heterocycles. The molecular weight excluding hydrogens is 308 g/mol. The molecule has 2 rings (SSSR count). The first-order valence-corrected chi connectivity index (χ1v) is 8.80. The van der Waals surface area contributed by atoms with Crippen LogP contribution in [0.5, 0.6) is 0 Å². The van der Waals surface area contributed by atoms with Gasteiger partial charge < -0.3 is 5.11 Å². The maximum Gasteiger partial charge on any atom is 0.317 e. The summed E-state index contributed by atoms with van der Waals surface area (Å²) < 4.78 is 0. The zero-order valence-electron chi connectivity index (χ0n) is 14.0. The Balaban J connectivity index is 2.08. The number of benzene rings is 1. The Hall–Kier alpha value is -1.72. The van der Waals surface area contributed by atoms with Crippen molar-refractivity contribution in [3.05, 3.63) is 40.9 Å². The van der Waals surface area contributed by atoms with Crippen molar-refractivity contribution in [1.82, 2.24) is 9.88 Å². The molecule has 4 nitrogen and oxygen atoms in total. The van der Waals surface area contributed by atoms with E-state index >= 15 is 0 Å². The summed E-state index contributed by atoms with van der Waals surface area (Å²) in [7, 11) is 0. The third-order valence-corrected chi connectivity index (χ3v) is 4.69. The first-order chi connectivity index (χ1) is 11.0. The van der Waals surface area contributed by atoms with Gasteiger partial charge in [-0.25, -0.2) is 4.98 Å². The van der Waals surface area contributed by atoms with Crippen LogP contribution in [0.25, 0.3) is 10.6 Å². The van der Waals surface area contributed by atoms with E-state index in [9.17, 15) is 4.79 Å². The Labute approximate surface area is 141 Å². The Morgan fingerprint density at radius 1 is 1.30 bits per heavy atom. The zero-order valence-corrected chi connectivity index (χ0v) is 14.8. The number of aromatic nitrogens is 1. The molecule has 0 fully saturated rings. The van der Waals surface area contributed by atoms with Crippen molar-refractivity contribution in [3.8, 4) is 10.6 Å². The Bertz CT molecular complexity index is 635. The van der Waals surface area contributed by atoms with Gasteiger partial charge in [-0.15, -0.1) is 11.3 Å². The topological polar surface area (TPSA) is 53.4 Å². The van der Waals surface area contributed by atoms with Gasteiger partial charge in [-0.1, -0.05) is 45.0 Å².